The average Bonchev–Trinajstić information content (AvgIpc) is 3.23. The maximum Gasteiger partial charge on any atom is 0.472 e. The molecule has 0 aromatic heterocycles. The van der Waals surface area contributed by atoms with Crippen molar-refractivity contribution in [1.29, 1.82) is 0 Å². The van der Waals surface area contributed by atoms with Crippen LogP contribution in [-0.4, -0.2) is 59.0 Å². The number of hydrogen-bond donors (Lipinski definition) is 5. The molecule has 0 aromatic rings. The van der Waals surface area contributed by atoms with Gasteiger partial charge in [-0.15, -0.1) is 0 Å². The van der Waals surface area contributed by atoms with Crippen molar-refractivity contribution >= 4 is 13.7 Å². The van der Waals surface area contributed by atoms with E-state index in [2.05, 4.69) is 31.3 Å². The molecule has 4 unspecified atom stereocenters. The average molecular weight is 871 g/mol. The summed E-state index contributed by atoms with van der Waals surface area (Å²) in [4.78, 5) is 22.8. The van der Waals surface area contributed by atoms with E-state index in [0.29, 0.717) is 12.8 Å². The van der Waals surface area contributed by atoms with E-state index in [9.17, 15) is 24.5 Å². The van der Waals surface area contributed by atoms with Crippen molar-refractivity contribution in [2.45, 2.75) is 270 Å². The molecule has 0 aliphatic heterocycles. The largest absolute Gasteiger partial charge is 0.472 e. The molecule has 9 nitrogen and oxygen atoms in total. The standard InChI is InChI=1S/C50H99N2O7P/c1-3-5-7-9-11-13-15-17-19-21-22-23-24-26-28-30-32-34-36-38-40-42-49(54)48(46-59-60(56,57)58-44-43-51)52-50(55)45-47(53)41-39-37-35-33-31-29-27-25-20-18-16-14-12-10-8-6-4-2/h32,34,40,42,47-49,53-54H,3-31,33,35-39,41,43-46,51H2,1-2H3,(H,52,55)(H,56,57)/b34-32+,42-40+. The number of aliphatic hydroxyl groups is 2. The first-order valence-corrected chi connectivity index (χ1v) is 27.0. The van der Waals surface area contributed by atoms with Crippen LogP contribution in [0.2, 0.25) is 0 Å². The van der Waals surface area contributed by atoms with Gasteiger partial charge >= 0.3 is 7.82 Å². The summed E-state index contributed by atoms with van der Waals surface area (Å²) < 4.78 is 22.2. The van der Waals surface area contributed by atoms with Gasteiger partial charge < -0.3 is 26.2 Å². The predicted octanol–water partition coefficient (Wildman–Crippen LogP) is 13.9. The first-order chi connectivity index (χ1) is 29.3. The van der Waals surface area contributed by atoms with Crippen LogP contribution in [0.5, 0.6) is 0 Å². The predicted molar refractivity (Wildman–Crippen MR) is 255 cm³/mol. The summed E-state index contributed by atoms with van der Waals surface area (Å²) in [5.41, 5.74) is 5.38. The molecule has 0 fully saturated rings. The van der Waals surface area contributed by atoms with E-state index >= 15 is 0 Å². The van der Waals surface area contributed by atoms with Gasteiger partial charge in [0.05, 0.1) is 37.9 Å². The molecule has 10 heteroatoms. The lowest BCUT2D eigenvalue weighted by atomic mass is 10.0. The van der Waals surface area contributed by atoms with Crippen LogP contribution in [0.15, 0.2) is 24.3 Å². The van der Waals surface area contributed by atoms with Gasteiger partial charge in [-0.25, -0.2) is 4.57 Å². The number of aliphatic hydroxyl groups excluding tert-OH is 2. The number of hydrogen-bond acceptors (Lipinski definition) is 7. The maximum atomic E-state index is 12.9. The van der Waals surface area contributed by atoms with Gasteiger partial charge in [-0.3, -0.25) is 13.8 Å². The number of nitrogens with one attached hydrogen (secondary N) is 1. The number of nitrogens with two attached hydrogens (primary N) is 1. The second kappa shape index (κ2) is 45.9. The van der Waals surface area contributed by atoms with Gasteiger partial charge in [0.25, 0.3) is 0 Å². The van der Waals surface area contributed by atoms with Crippen LogP contribution in [0.4, 0.5) is 0 Å². The maximum absolute atomic E-state index is 12.9. The number of allylic oxidation sites excluding steroid dienone is 3. The third kappa shape index (κ3) is 43.6. The lowest BCUT2D eigenvalue weighted by molar-refractivity contribution is -0.124. The number of carbonyl (C=O) groups is 1. The molecular formula is C50H99N2O7P. The molecule has 0 radical (unpaired) electrons. The minimum absolute atomic E-state index is 0.0463. The van der Waals surface area contributed by atoms with Crippen LogP contribution >= 0.6 is 7.82 Å². The van der Waals surface area contributed by atoms with Gasteiger partial charge in [-0.05, 0) is 32.1 Å². The fourth-order valence-corrected chi connectivity index (χ4v) is 8.48. The van der Waals surface area contributed by atoms with Crippen molar-refractivity contribution in [3.05, 3.63) is 24.3 Å². The zero-order valence-electron chi connectivity index (χ0n) is 39.3. The van der Waals surface area contributed by atoms with Crippen LogP contribution in [0.25, 0.3) is 0 Å². The second-order valence-corrected chi connectivity index (χ2v) is 19.0. The molecule has 1 amide bonds. The Bertz CT molecular complexity index is 1010. The Balaban J connectivity index is 4.23. The van der Waals surface area contributed by atoms with Crippen LogP contribution in [0, 0.1) is 0 Å². The zero-order chi connectivity index (χ0) is 44.0. The highest BCUT2D eigenvalue weighted by Crippen LogP contribution is 2.43. The number of amides is 1. The van der Waals surface area contributed by atoms with Crippen molar-refractivity contribution < 1.29 is 33.5 Å². The molecule has 0 saturated carbocycles. The first kappa shape index (κ1) is 58.9. The van der Waals surface area contributed by atoms with Crippen LogP contribution in [0.3, 0.4) is 0 Å². The van der Waals surface area contributed by atoms with Gasteiger partial charge in [0.2, 0.25) is 5.91 Å². The van der Waals surface area contributed by atoms with E-state index in [4.69, 9.17) is 14.8 Å². The molecule has 0 aliphatic carbocycles. The molecular weight excluding hydrogens is 772 g/mol. The van der Waals surface area contributed by atoms with Crippen molar-refractivity contribution in [3.63, 3.8) is 0 Å². The summed E-state index contributed by atoms with van der Waals surface area (Å²) in [6.07, 6.45) is 51.3. The molecule has 4 atom stereocenters. The van der Waals surface area contributed by atoms with E-state index < -0.39 is 38.6 Å². The van der Waals surface area contributed by atoms with Crippen LogP contribution in [0.1, 0.15) is 251 Å². The number of rotatable bonds is 48. The molecule has 6 N–H and O–H groups in total. The summed E-state index contributed by atoms with van der Waals surface area (Å²) in [5, 5.41) is 24.1. The number of carbonyl (C=O) groups excluding carboxylic acids is 1. The third-order valence-corrected chi connectivity index (χ3v) is 12.6. The summed E-state index contributed by atoms with van der Waals surface area (Å²) in [6, 6.07) is -0.996. The number of phosphoric ester groups is 1. The molecule has 0 bridgehead atoms. The molecule has 0 aliphatic rings. The fraction of sp³-hybridized carbons (Fsp3) is 0.900. The molecule has 0 aromatic carbocycles. The highest BCUT2D eigenvalue weighted by molar-refractivity contribution is 7.47. The second-order valence-electron chi connectivity index (χ2n) is 17.6. The lowest BCUT2D eigenvalue weighted by Crippen LogP contribution is -2.46. The van der Waals surface area contributed by atoms with Crippen LogP contribution < -0.4 is 11.1 Å². The summed E-state index contributed by atoms with van der Waals surface area (Å²) in [6.45, 7) is 3.99. The van der Waals surface area contributed by atoms with Crippen molar-refractivity contribution in [2.24, 2.45) is 5.73 Å². The van der Waals surface area contributed by atoms with Gasteiger partial charge in [0.15, 0.2) is 0 Å². The molecule has 0 saturated heterocycles. The Morgan fingerprint density at radius 1 is 0.567 bits per heavy atom. The minimum Gasteiger partial charge on any atom is -0.393 e. The monoisotopic (exact) mass is 871 g/mol. The van der Waals surface area contributed by atoms with Crippen molar-refractivity contribution in [2.75, 3.05) is 19.8 Å². The van der Waals surface area contributed by atoms with E-state index in [1.807, 2.05) is 6.08 Å². The molecule has 0 spiro atoms. The Morgan fingerprint density at radius 2 is 0.950 bits per heavy atom. The molecule has 0 rings (SSSR count). The topological polar surface area (TPSA) is 151 Å². The van der Waals surface area contributed by atoms with E-state index in [0.717, 1.165) is 32.1 Å². The van der Waals surface area contributed by atoms with Gasteiger partial charge in [-0.2, -0.15) is 0 Å². The van der Waals surface area contributed by atoms with Crippen molar-refractivity contribution in [1.82, 2.24) is 5.32 Å². The van der Waals surface area contributed by atoms with E-state index in [1.165, 1.54) is 186 Å². The van der Waals surface area contributed by atoms with Crippen LogP contribution in [-0.2, 0) is 18.4 Å². The Kier molecular flexibility index (Phi) is 45.1. The summed E-state index contributed by atoms with van der Waals surface area (Å²) in [7, 11) is -4.41. The Labute approximate surface area is 370 Å². The Hall–Kier alpha value is -1.06. The summed E-state index contributed by atoms with van der Waals surface area (Å²) in [5.74, 6) is -0.451. The fourth-order valence-electron chi connectivity index (χ4n) is 7.72. The molecule has 60 heavy (non-hydrogen) atoms. The van der Waals surface area contributed by atoms with Crippen molar-refractivity contribution in [3.8, 4) is 0 Å². The first-order valence-electron chi connectivity index (χ1n) is 25.5. The number of phosphoric acid groups is 1. The smallest absolute Gasteiger partial charge is 0.393 e. The molecule has 356 valence electrons. The quantitative estimate of drug-likeness (QED) is 0.0230. The highest BCUT2D eigenvalue weighted by Gasteiger charge is 2.27. The Morgan fingerprint density at radius 3 is 1.38 bits per heavy atom. The van der Waals surface area contributed by atoms with Gasteiger partial charge in [-0.1, -0.05) is 237 Å². The zero-order valence-corrected chi connectivity index (χ0v) is 40.2. The summed E-state index contributed by atoms with van der Waals surface area (Å²) >= 11 is 0. The van der Waals surface area contributed by atoms with E-state index in [1.54, 1.807) is 6.08 Å². The SMILES string of the molecule is CCCCCCCCCCCCCCCCC/C=C/CC/C=C/C(O)C(COP(=O)(O)OCCN)NC(=O)CC(O)CCCCCCCCCCCCCCCCCCC. The number of unbranched alkanes of at least 4 members (excludes halogenated alkanes) is 32. The van der Waals surface area contributed by atoms with Gasteiger partial charge in [0.1, 0.15) is 0 Å². The third-order valence-electron chi connectivity index (χ3n) is 11.6. The lowest BCUT2D eigenvalue weighted by Gasteiger charge is -2.24. The van der Waals surface area contributed by atoms with Gasteiger partial charge in [0, 0.05) is 6.54 Å². The minimum atomic E-state index is -4.41. The van der Waals surface area contributed by atoms with E-state index in [-0.39, 0.29) is 19.6 Å². The normalized spacial score (nSPS) is 14.6. The highest BCUT2D eigenvalue weighted by atomic mass is 31.2. The molecule has 0 heterocycles.